The number of hydrogen-bond acceptors (Lipinski definition) is 0. The van der Waals surface area contributed by atoms with E-state index in [2.05, 4.69) is 105 Å². The second-order valence-corrected chi connectivity index (χ2v) is 14.9. The minimum Gasteiger partial charge on any atom is -0.0955 e. The first-order valence-electron chi connectivity index (χ1n) is 17.0. The smallest absolute Gasteiger partial charge is 0.00957 e. The van der Waals surface area contributed by atoms with Gasteiger partial charge in [-0.2, -0.15) is 0 Å². The van der Waals surface area contributed by atoms with Crippen LogP contribution in [0.1, 0.15) is 143 Å². The quantitative estimate of drug-likeness (QED) is 0.221. The van der Waals surface area contributed by atoms with Gasteiger partial charge in [-0.3, -0.25) is 0 Å². The molecule has 2 aliphatic carbocycles. The molecule has 0 spiro atoms. The van der Waals surface area contributed by atoms with Crippen LogP contribution in [-0.4, -0.2) is 0 Å². The van der Waals surface area contributed by atoms with E-state index in [0.717, 1.165) is 23.8 Å². The molecule has 1 aromatic carbocycles. The summed E-state index contributed by atoms with van der Waals surface area (Å²) in [5, 5.41) is 0. The van der Waals surface area contributed by atoms with E-state index in [0.29, 0.717) is 17.3 Å². The van der Waals surface area contributed by atoms with Gasteiger partial charge in [-0.1, -0.05) is 134 Å². The van der Waals surface area contributed by atoms with Crippen LogP contribution in [-0.2, 0) is 0 Å². The van der Waals surface area contributed by atoms with Gasteiger partial charge in [0.2, 0.25) is 0 Å². The zero-order valence-electron chi connectivity index (χ0n) is 28.7. The minimum absolute atomic E-state index is 0.341. The highest BCUT2D eigenvalue weighted by Gasteiger charge is 2.29. The highest BCUT2D eigenvalue weighted by molar-refractivity contribution is 5.63. The van der Waals surface area contributed by atoms with E-state index in [1.165, 1.54) is 103 Å². The molecule has 0 aliphatic heterocycles. The lowest BCUT2D eigenvalue weighted by Gasteiger charge is -2.35. The Morgan fingerprint density at radius 2 is 1.62 bits per heavy atom. The maximum Gasteiger partial charge on any atom is -0.00957 e. The number of allylic oxidation sites excluding steroid dienone is 9. The van der Waals surface area contributed by atoms with Crippen molar-refractivity contribution in [1.29, 1.82) is 0 Å². The van der Waals surface area contributed by atoms with Gasteiger partial charge in [-0.25, -0.2) is 0 Å². The Morgan fingerprint density at radius 1 is 0.976 bits per heavy atom. The van der Waals surface area contributed by atoms with Gasteiger partial charge in [0.05, 0.1) is 0 Å². The molecule has 0 heteroatoms. The van der Waals surface area contributed by atoms with Gasteiger partial charge in [0.15, 0.2) is 0 Å². The Kier molecular flexibility index (Phi) is 12.5. The van der Waals surface area contributed by atoms with E-state index in [-0.39, 0.29) is 0 Å². The van der Waals surface area contributed by atoms with Crippen molar-refractivity contribution in [2.24, 2.45) is 23.2 Å². The minimum atomic E-state index is 0.341. The van der Waals surface area contributed by atoms with Crippen LogP contribution in [0.15, 0.2) is 89.6 Å². The SMILES string of the molecule is C=C(C)C(=C\C1=C(C)CC[C@H](C(C)(C)C)C1)/C=C(\C)C(=C)C(C)[C@H](CCC1CCCCC1)c1ccc(C(=C)CC)cc1. The summed E-state index contributed by atoms with van der Waals surface area (Å²) < 4.78 is 0. The van der Waals surface area contributed by atoms with Crippen LogP contribution >= 0.6 is 0 Å². The molecule has 1 saturated carbocycles. The molecule has 0 radical (unpaired) electrons. The summed E-state index contributed by atoms with van der Waals surface area (Å²) in [6.45, 7) is 31.9. The molecule has 0 nitrogen and oxygen atoms in total. The van der Waals surface area contributed by atoms with Crippen LogP contribution in [0.3, 0.4) is 0 Å². The van der Waals surface area contributed by atoms with Crippen LogP contribution in [0.2, 0.25) is 0 Å². The Morgan fingerprint density at radius 3 is 2.19 bits per heavy atom. The van der Waals surface area contributed by atoms with Crippen molar-refractivity contribution in [3.05, 3.63) is 101 Å². The van der Waals surface area contributed by atoms with Crippen molar-refractivity contribution in [3.8, 4) is 0 Å². The molecule has 0 heterocycles. The topological polar surface area (TPSA) is 0 Å². The average Bonchev–Trinajstić information content (AvgIpc) is 2.97. The average molecular weight is 567 g/mol. The maximum atomic E-state index is 4.72. The molecule has 3 atom stereocenters. The number of rotatable bonds is 12. The zero-order chi connectivity index (χ0) is 31.0. The third-order valence-corrected chi connectivity index (χ3v) is 10.7. The van der Waals surface area contributed by atoms with E-state index in [1.807, 2.05) is 0 Å². The van der Waals surface area contributed by atoms with Gasteiger partial charge in [0.25, 0.3) is 0 Å². The maximum absolute atomic E-state index is 4.72. The van der Waals surface area contributed by atoms with Gasteiger partial charge in [-0.05, 0) is 127 Å². The van der Waals surface area contributed by atoms with E-state index in [9.17, 15) is 0 Å². The lowest BCUT2D eigenvalue weighted by atomic mass is 9.70. The van der Waals surface area contributed by atoms with Crippen molar-refractivity contribution < 1.29 is 0 Å². The molecular formula is C42H62. The molecule has 1 aromatic rings. The summed E-state index contributed by atoms with van der Waals surface area (Å²) in [4.78, 5) is 0. The van der Waals surface area contributed by atoms with Crippen molar-refractivity contribution in [1.82, 2.24) is 0 Å². The predicted octanol–water partition coefficient (Wildman–Crippen LogP) is 13.4. The summed E-state index contributed by atoms with van der Waals surface area (Å²) in [6.07, 6.45) is 19.1. The second-order valence-electron chi connectivity index (χ2n) is 14.9. The highest BCUT2D eigenvalue weighted by Crippen LogP contribution is 2.42. The number of benzene rings is 1. The van der Waals surface area contributed by atoms with Crippen LogP contribution in [0.5, 0.6) is 0 Å². The lowest BCUT2D eigenvalue weighted by Crippen LogP contribution is -2.23. The molecule has 42 heavy (non-hydrogen) atoms. The Balaban J connectivity index is 1.87. The van der Waals surface area contributed by atoms with Gasteiger partial charge in [0, 0.05) is 0 Å². The van der Waals surface area contributed by atoms with Crippen LogP contribution < -0.4 is 0 Å². The number of hydrogen-bond donors (Lipinski definition) is 0. The first-order chi connectivity index (χ1) is 19.8. The lowest BCUT2D eigenvalue weighted by molar-refractivity contribution is 0.217. The fourth-order valence-electron chi connectivity index (χ4n) is 7.18. The predicted molar refractivity (Wildman–Crippen MR) is 189 cm³/mol. The molecular weight excluding hydrogens is 504 g/mol. The molecule has 2 aliphatic rings. The first-order valence-corrected chi connectivity index (χ1v) is 17.0. The molecule has 0 saturated heterocycles. The monoisotopic (exact) mass is 566 g/mol. The Hall–Kier alpha value is -2.34. The molecule has 1 unspecified atom stereocenters. The molecule has 0 bridgehead atoms. The molecule has 230 valence electrons. The van der Waals surface area contributed by atoms with Crippen molar-refractivity contribution >= 4 is 5.57 Å². The van der Waals surface area contributed by atoms with E-state index in [4.69, 9.17) is 6.58 Å². The first kappa shape index (κ1) is 34.2. The fourth-order valence-corrected chi connectivity index (χ4v) is 7.18. The van der Waals surface area contributed by atoms with E-state index in [1.54, 1.807) is 5.57 Å². The van der Waals surface area contributed by atoms with Gasteiger partial charge < -0.3 is 0 Å². The summed E-state index contributed by atoms with van der Waals surface area (Å²) in [6, 6.07) is 9.32. The van der Waals surface area contributed by atoms with Crippen molar-refractivity contribution in [2.75, 3.05) is 0 Å². The zero-order valence-corrected chi connectivity index (χ0v) is 28.7. The van der Waals surface area contributed by atoms with Gasteiger partial charge in [-0.15, -0.1) is 0 Å². The third kappa shape index (κ3) is 9.33. The summed E-state index contributed by atoms with van der Waals surface area (Å²) >= 11 is 0. The second kappa shape index (κ2) is 15.4. The molecule has 0 N–H and O–H groups in total. The van der Waals surface area contributed by atoms with Crippen LogP contribution in [0, 0.1) is 23.2 Å². The normalized spacial score (nSPS) is 20.8. The molecule has 3 rings (SSSR count). The largest absolute Gasteiger partial charge is 0.0955 e. The standard InChI is InChI=1S/C42H62/c1-12-30(4)36-20-22-37(23-21-36)41(25-19-35-16-14-13-15-17-35)34(8)33(7)32(6)26-38(29(2)3)27-39-28-40(42(9,10)11)24-18-31(39)5/h20-23,26-27,34-35,40-41H,2,4,7,12-19,24-25,28H2,1,3,5-6,8-11H3/b32-26+,38-27-/t34?,40-,41-/m0/s1. The summed E-state index contributed by atoms with van der Waals surface area (Å²) in [5.41, 5.74) is 12.3. The molecule has 1 fully saturated rings. The van der Waals surface area contributed by atoms with E-state index >= 15 is 0 Å². The van der Waals surface area contributed by atoms with Gasteiger partial charge in [0.1, 0.15) is 0 Å². The van der Waals surface area contributed by atoms with Crippen LogP contribution in [0.4, 0.5) is 0 Å². The van der Waals surface area contributed by atoms with Gasteiger partial charge >= 0.3 is 0 Å². The fraction of sp³-hybridized carbons (Fsp3) is 0.571. The summed E-state index contributed by atoms with van der Waals surface area (Å²) in [7, 11) is 0. The van der Waals surface area contributed by atoms with Crippen molar-refractivity contribution in [2.45, 2.75) is 132 Å². The molecule has 0 aromatic heterocycles. The third-order valence-electron chi connectivity index (χ3n) is 10.7. The van der Waals surface area contributed by atoms with E-state index < -0.39 is 0 Å². The highest BCUT2D eigenvalue weighted by atomic mass is 14.3. The van der Waals surface area contributed by atoms with Crippen LogP contribution in [0.25, 0.3) is 5.57 Å². The molecule has 0 amide bonds. The van der Waals surface area contributed by atoms with Crippen molar-refractivity contribution in [3.63, 3.8) is 0 Å². The Bertz CT molecular complexity index is 1180. The Labute approximate surface area is 260 Å². The summed E-state index contributed by atoms with van der Waals surface area (Å²) in [5.74, 6) is 2.46.